The maximum absolute atomic E-state index is 13.3. The fourth-order valence-electron chi connectivity index (χ4n) is 4.12. The van der Waals surface area contributed by atoms with Gasteiger partial charge >= 0.3 is 17.9 Å². The van der Waals surface area contributed by atoms with Gasteiger partial charge in [-0.2, -0.15) is 13.0 Å². The SMILES string of the molecule is Cc1ccc(S(=O)(=O)OCCO[C@H]2CC(n3cc(C)c(=O)n(C(=O)OC(C)(C)C)c3=O)OC2COC(=O)OC(C)(C)C)cc1. The molecule has 44 heavy (non-hydrogen) atoms. The zero-order valence-electron chi connectivity index (χ0n) is 26.1. The van der Waals surface area contributed by atoms with Gasteiger partial charge in [-0.1, -0.05) is 17.7 Å². The monoisotopic (exact) mass is 640 g/mol. The molecular formula is C29H40N2O12S. The molecule has 14 nitrogen and oxygen atoms in total. The van der Waals surface area contributed by atoms with E-state index in [9.17, 15) is 27.6 Å². The number of hydrogen-bond acceptors (Lipinski definition) is 12. The highest BCUT2D eigenvalue weighted by Gasteiger charge is 2.39. The van der Waals surface area contributed by atoms with E-state index in [4.69, 9.17) is 27.9 Å². The van der Waals surface area contributed by atoms with Crippen molar-refractivity contribution in [3.63, 3.8) is 0 Å². The van der Waals surface area contributed by atoms with Gasteiger partial charge in [0.1, 0.15) is 30.1 Å². The van der Waals surface area contributed by atoms with Crippen molar-refractivity contribution in [2.45, 2.75) is 96.3 Å². The summed E-state index contributed by atoms with van der Waals surface area (Å²) in [6, 6.07) is 6.16. The van der Waals surface area contributed by atoms with Crippen LogP contribution in [0.15, 0.2) is 44.9 Å². The number of nitrogens with zero attached hydrogens (tertiary/aromatic N) is 2. The lowest BCUT2D eigenvalue weighted by molar-refractivity contribution is -0.0823. The van der Waals surface area contributed by atoms with Crippen LogP contribution < -0.4 is 11.2 Å². The third kappa shape index (κ3) is 9.48. The molecule has 2 unspecified atom stereocenters. The molecule has 3 rings (SSSR count). The van der Waals surface area contributed by atoms with Crippen LogP contribution >= 0.6 is 0 Å². The van der Waals surface area contributed by atoms with Crippen LogP contribution in [-0.4, -0.2) is 73.0 Å². The summed E-state index contributed by atoms with van der Waals surface area (Å²) in [6.07, 6.45) is -3.64. The number of hydrogen-bond donors (Lipinski definition) is 0. The fraction of sp³-hybridized carbons (Fsp3) is 0.586. The third-order valence-corrected chi connectivity index (χ3v) is 7.40. The summed E-state index contributed by atoms with van der Waals surface area (Å²) in [6.45, 7) is 12.2. The van der Waals surface area contributed by atoms with Gasteiger partial charge in [-0.05, 0) is 67.5 Å². The number of carbonyl (C=O) groups is 2. The molecule has 3 atom stereocenters. The number of benzene rings is 1. The van der Waals surface area contributed by atoms with E-state index in [0.717, 1.165) is 10.1 Å². The molecule has 2 heterocycles. The summed E-state index contributed by atoms with van der Waals surface area (Å²) < 4.78 is 59.1. The Kier molecular flexibility index (Phi) is 10.8. The number of rotatable bonds is 9. The molecular weight excluding hydrogens is 600 g/mol. The largest absolute Gasteiger partial charge is 0.508 e. The molecule has 244 valence electrons. The lowest BCUT2D eigenvalue weighted by Crippen LogP contribution is -2.47. The van der Waals surface area contributed by atoms with Gasteiger partial charge < -0.3 is 23.7 Å². The maximum Gasteiger partial charge on any atom is 0.508 e. The number of ether oxygens (including phenoxy) is 5. The van der Waals surface area contributed by atoms with E-state index in [1.165, 1.54) is 25.3 Å². The molecule has 1 aromatic carbocycles. The molecule has 1 saturated heterocycles. The molecule has 1 aliphatic rings. The number of aryl methyl sites for hydroxylation is 2. The van der Waals surface area contributed by atoms with E-state index in [0.29, 0.717) is 4.57 Å². The summed E-state index contributed by atoms with van der Waals surface area (Å²) in [5, 5.41) is 0. The summed E-state index contributed by atoms with van der Waals surface area (Å²) in [5.74, 6) is 0. The zero-order valence-corrected chi connectivity index (χ0v) is 27.0. The molecule has 0 radical (unpaired) electrons. The lowest BCUT2D eigenvalue weighted by atomic mass is 10.2. The first-order chi connectivity index (χ1) is 20.3. The summed E-state index contributed by atoms with van der Waals surface area (Å²) in [7, 11) is -4.04. The van der Waals surface area contributed by atoms with Crippen molar-refractivity contribution in [3.8, 4) is 0 Å². The summed E-state index contributed by atoms with van der Waals surface area (Å²) >= 11 is 0. The molecule has 0 aliphatic carbocycles. The van der Waals surface area contributed by atoms with Gasteiger partial charge in [-0.3, -0.25) is 13.5 Å². The first kappa shape index (κ1) is 35.0. The predicted molar refractivity (Wildman–Crippen MR) is 156 cm³/mol. The summed E-state index contributed by atoms with van der Waals surface area (Å²) in [4.78, 5) is 51.0. The fourth-order valence-corrected chi connectivity index (χ4v) is 5.01. The van der Waals surface area contributed by atoms with E-state index < -0.39 is 63.3 Å². The van der Waals surface area contributed by atoms with Crippen LogP contribution in [0.2, 0.25) is 0 Å². The van der Waals surface area contributed by atoms with Gasteiger partial charge in [0, 0.05) is 18.2 Å². The minimum absolute atomic E-state index is 0.00847. The van der Waals surface area contributed by atoms with Crippen LogP contribution in [0.3, 0.4) is 0 Å². The van der Waals surface area contributed by atoms with Crippen molar-refractivity contribution in [3.05, 3.63) is 62.4 Å². The Bertz CT molecular complexity index is 1560. The van der Waals surface area contributed by atoms with E-state index in [1.54, 1.807) is 53.7 Å². The smallest absolute Gasteiger partial charge is 0.443 e. The van der Waals surface area contributed by atoms with E-state index in [2.05, 4.69) is 0 Å². The van der Waals surface area contributed by atoms with Crippen LogP contribution in [0.4, 0.5) is 9.59 Å². The highest BCUT2D eigenvalue weighted by Crippen LogP contribution is 2.30. The third-order valence-electron chi connectivity index (χ3n) is 6.07. The van der Waals surface area contributed by atoms with Crippen LogP contribution in [0, 0.1) is 13.8 Å². The molecule has 1 aromatic heterocycles. The molecule has 0 saturated carbocycles. The van der Waals surface area contributed by atoms with Crippen LogP contribution in [-0.2, 0) is 38.0 Å². The Morgan fingerprint density at radius 2 is 1.57 bits per heavy atom. The Hall–Kier alpha value is -3.53. The number of carbonyl (C=O) groups excluding carboxylic acids is 2. The Labute approximate surface area is 255 Å². The van der Waals surface area contributed by atoms with Crippen molar-refractivity contribution in [1.82, 2.24) is 9.13 Å². The van der Waals surface area contributed by atoms with Gasteiger partial charge in [-0.15, -0.1) is 0 Å². The van der Waals surface area contributed by atoms with E-state index in [-0.39, 0.29) is 36.7 Å². The van der Waals surface area contributed by atoms with Crippen molar-refractivity contribution >= 4 is 22.4 Å². The lowest BCUT2D eigenvalue weighted by Gasteiger charge is -2.22. The first-order valence-corrected chi connectivity index (χ1v) is 15.4. The van der Waals surface area contributed by atoms with Gasteiger partial charge in [-0.25, -0.2) is 14.4 Å². The van der Waals surface area contributed by atoms with Gasteiger partial charge in [0.15, 0.2) is 0 Å². The molecule has 0 N–H and O–H groups in total. The van der Waals surface area contributed by atoms with Crippen molar-refractivity contribution in [1.29, 1.82) is 0 Å². The molecule has 1 aliphatic heterocycles. The summed E-state index contributed by atoms with van der Waals surface area (Å²) in [5.41, 5.74) is -2.67. The minimum atomic E-state index is -4.04. The Balaban J connectivity index is 1.80. The Morgan fingerprint density at radius 1 is 0.955 bits per heavy atom. The molecule has 0 spiro atoms. The highest BCUT2D eigenvalue weighted by molar-refractivity contribution is 7.86. The minimum Gasteiger partial charge on any atom is -0.443 e. The maximum atomic E-state index is 13.3. The van der Waals surface area contributed by atoms with Gasteiger partial charge in [0.2, 0.25) is 0 Å². The van der Waals surface area contributed by atoms with E-state index >= 15 is 0 Å². The molecule has 1 fully saturated rings. The predicted octanol–water partition coefficient (Wildman–Crippen LogP) is 3.44. The molecule has 2 aromatic rings. The molecule has 0 amide bonds. The van der Waals surface area contributed by atoms with Gasteiger partial charge in [0.05, 0.1) is 24.2 Å². The van der Waals surface area contributed by atoms with E-state index in [1.807, 2.05) is 6.92 Å². The van der Waals surface area contributed by atoms with Crippen molar-refractivity contribution in [2.24, 2.45) is 0 Å². The Morgan fingerprint density at radius 3 is 2.16 bits per heavy atom. The second kappa shape index (κ2) is 13.6. The zero-order chi connectivity index (χ0) is 33.0. The number of aromatic nitrogens is 2. The topological polar surface area (TPSA) is 168 Å². The normalized spacial score (nSPS) is 19.0. The quantitative estimate of drug-likeness (QED) is 0.223. The van der Waals surface area contributed by atoms with Crippen molar-refractivity contribution in [2.75, 3.05) is 19.8 Å². The second-order valence-corrected chi connectivity index (χ2v) is 13.9. The van der Waals surface area contributed by atoms with Crippen LogP contribution in [0.1, 0.15) is 65.3 Å². The van der Waals surface area contributed by atoms with Crippen molar-refractivity contribution < 1.29 is 45.9 Å². The van der Waals surface area contributed by atoms with Gasteiger partial charge in [0.25, 0.3) is 15.7 Å². The van der Waals surface area contributed by atoms with Crippen LogP contribution in [0.25, 0.3) is 0 Å². The first-order valence-electron chi connectivity index (χ1n) is 13.9. The molecule has 0 bridgehead atoms. The van der Waals surface area contributed by atoms with Crippen LogP contribution in [0.5, 0.6) is 0 Å². The highest BCUT2D eigenvalue weighted by atomic mass is 32.2. The average molecular weight is 641 g/mol. The molecule has 15 heteroatoms. The average Bonchev–Trinajstić information content (AvgIpc) is 3.28. The standard InChI is InChI=1S/C29H40N2O12S/c1-18-9-11-20(12-10-18)44(36,37)40-14-13-38-21-15-23(41-22(21)17-39-27(35)43-29(6,7)8)30-16-19(2)24(32)31(25(30)33)26(34)42-28(3,4)5/h9-12,16,21-23H,13-15,17H2,1-8H3/t21-,22?,23?/m0/s1. The second-order valence-electron chi connectivity index (χ2n) is 12.3.